The van der Waals surface area contributed by atoms with E-state index in [9.17, 15) is 4.79 Å². The van der Waals surface area contributed by atoms with Gasteiger partial charge in [-0.2, -0.15) is 0 Å². The molecule has 18 heavy (non-hydrogen) atoms. The van der Waals surface area contributed by atoms with Gasteiger partial charge in [0.15, 0.2) is 0 Å². The summed E-state index contributed by atoms with van der Waals surface area (Å²) < 4.78 is 0.929. The average molecular weight is 331 g/mol. The van der Waals surface area contributed by atoms with E-state index in [0.717, 1.165) is 35.7 Å². The largest absolute Gasteiger partial charge is 0.348 e. The van der Waals surface area contributed by atoms with Crippen LogP contribution >= 0.6 is 27.5 Å². The molecule has 1 amide bonds. The van der Waals surface area contributed by atoms with Gasteiger partial charge in [-0.15, -0.1) is 11.6 Å². The molecule has 2 atom stereocenters. The highest BCUT2D eigenvalue weighted by atomic mass is 79.9. The van der Waals surface area contributed by atoms with Gasteiger partial charge in [-0.3, -0.25) is 4.79 Å². The maximum atomic E-state index is 12.2. The molecule has 0 aromatic heterocycles. The monoisotopic (exact) mass is 329 g/mol. The van der Waals surface area contributed by atoms with Crippen molar-refractivity contribution in [3.8, 4) is 0 Å². The van der Waals surface area contributed by atoms with Crippen molar-refractivity contribution >= 4 is 33.4 Å². The van der Waals surface area contributed by atoms with Crippen LogP contribution in [-0.2, 0) is 0 Å². The summed E-state index contributed by atoms with van der Waals surface area (Å²) in [7, 11) is 0. The number of nitrogens with one attached hydrogen (secondary N) is 1. The lowest BCUT2D eigenvalue weighted by Crippen LogP contribution is -2.42. The summed E-state index contributed by atoms with van der Waals surface area (Å²) in [6.45, 7) is 1.98. The molecule has 2 rings (SSSR count). The molecule has 1 aliphatic rings. The van der Waals surface area contributed by atoms with Crippen LogP contribution in [0, 0.1) is 6.92 Å². The quantitative estimate of drug-likeness (QED) is 0.815. The molecule has 1 aliphatic carbocycles. The third-order valence-electron chi connectivity index (χ3n) is 3.30. The van der Waals surface area contributed by atoms with Gasteiger partial charge in [0.2, 0.25) is 0 Å². The summed E-state index contributed by atoms with van der Waals surface area (Å²) in [5.41, 5.74) is 1.76. The lowest BCUT2D eigenvalue weighted by atomic mass is 9.94. The van der Waals surface area contributed by atoms with Crippen molar-refractivity contribution in [3.63, 3.8) is 0 Å². The SMILES string of the molecule is Cc1cc(Br)cc(C(=O)NC2CCCCC2Cl)c1. The van der Waals surface area contributed by atoms with Gasteiger partial charge in [-0.25, -0.2) is 0 Å². The highest BCUT2D eigenvalue weighted by Crippen LogP contribution is 2.23. The predicted octanol–water partition coefficient (Wildman–Crippen LogP) is 4.04. The first kappa shape index (κ1) is 13.9. The molecule has 0 aliphatic heterocycles. The van der Waals surface area contributed by atoms with E-state index in [-0.39, 0.29) is 17.3 Å². The third-order valence-corrected chi connectivity index (χ3v) is 4.28. The molecule has 4 heteroatoms. The van der Waals surface area contributed by atoms with Crippen molar-refractivity contribution in [2.75, 3.05) is 0 Å². The lowest BCUT2D eigenvalue weighted by Gasteiger charge is -2.27. The second-order valence-electron chi connectivity index (χ2n) is 4.90. The minimum absolute atomic E-state index is 0.0306. The second kappa shape index (κ2) is 6.07. The summed E-state index contributed by atoms with van der Waals surface area (Å²) in [5, 5.41) is 3.11. The van der Waals surface area contributed by atoms with E-state index < -0.39 is 0 Å². The molecule has 2 nitrogen and oxygen atoms in total. The predicted molar refractivity (Wildman–Crippen MR) is 78.2 cm³/mol. The Morgan fingerprint density at radius 1 is 1.33 bits per heavy atom. The van der Waals surface area contributed by atoms with Crippen LogP contribution < -0.4 is 5.32 Å². The molecular formula is C14H17BrClNO. The van der Waals surface area contributed by atoms with Crippen LogP contribution in [0.1, 0.15) is 41.6 Å². The zero-order valence-corrected chi connectivity index (χ0v) is 12.7. The Bertz CT molecular complexity index is 429. The Balaban J connectivity index is 2.06. The molecule has 0 heterocycles. The van der Waals surface area contributed by atoms with Crippen molar-refractivity contribution < 1.29 is 4.79 Å². The number of aryl methyl sites for hydroxylation is 1. The lowest BCUT2D eigenvalue weighted by molar-refractivity contribution is 0.0928. The Morgan fingerprint density at radius 2 is 2.06 bits per heavy atom. The van der Waals surface area contributed by atoms with Crippen LogP contribution in [0.4, 0.5) is 0 Å². The molecular weight excluding hydrogens is 314 g/mol. The van der Waals surface area contributed by atoms with E-state index in [1.54, 1.807) is 0 Å². The Hall–Kier alpha value is -0.540. The summed E-state index contributed by atoms with van der Waals surface area (Å²) in [6.07, 6.45) is 4.28. The molecule has 98 valence electrons. The van der Waals surface area contributed by atoms with Gasteiger partial charge < -0.3 is 5.32 Å². The number of alkyl halides is 1. The zero-order valence-electron chi connectivity index (χ0n) is 10.4. The van der Waals surface area contributed by atoms with Gasteiger partial charge >= 0.3 is 0 Å². The van der Waals surface area contributed by atoms with Gasteiger partial charge in [0, 0.05) is 16.1 Å². The molecule has 1 aromatic carbocycles. The molecule has 2 unspecified atom stereocenters. The van der Waals surface area contributed by atoms with Gasteiger partial charge in [0.05, 0.1) is 5.38 Å². The number of benzene rings is 1. The highest BCUT2D eigenvalue weighted by Gasteiger charge is 2.24. The summed E-state index contributed by atoms with van der Waals surface area (Å²) in [4.78, 5) is 12.2. The van der Waals surface area contributed by atoms with Gasteiger partial charge in [-0.1, -0.05) is 28.8 Å². The molecule has 1 aromatic rings. The number of rotatable bonds is 2. The fraction of sp³-hybridized carbons (Fsp3) is 0.500. The van der Waals surface area contributed by atoms with Crippen molar-refractivity contribution in [1.29, 1.82) is 0 Å². The number of carbonyl (C=O) groups excluding carboxylic acids is 1. The molecule has 1 fully saturated rings. The highest BCUT2D eigenvalue weighted by molar-refractivity contribution is 9.10. The summed E-state index contributed by atoms with van der Waals surface area (Å²) >= 11 is 9.67. The van der Waals surface area contributed by atoms with Gasteiger partial charge in [0.1, 0.15) is 0 Å². The van der Waals surface area contributed by atoms with Crippen LogP contribution in [0.25, 0.3) is 0 Å². The topological polar surface area (TPSA) is 29.1 Å². The fourth-order valence-corrected chi connectivity index (χ4v) is 3.32. The summed E-state index contributed by atoms with van der Waals surface area (Å²) in [5.74, 6) is -0.0306. The van der Waals surface area contributed by atoms with E-state index in [4.69, 9.17) is 11.6 Å². The Labute approximate surface area is 121 Å². The van der Waals surface area contributed by atoms with Crippen LogP contribution in [0.5, 0.6) is 0 Å². The molecule has 0 spiro atoms. The van der Waals surface area contributed by atoms with Gasteiger partial charge in [0.25, 0.3) is 5.91 Å². The van der Waals surface area contributed by atoms with Crippen LogP contribution in [0.3, 0.4) is 0 Å². The van der Waals surface area contributed by atoms with Crippen molar-refractivity contribution in [2.45, 2.75) is 44.0 Å². The molecule has 1 N–H and O–H groups in total. The van der Waals surface area contributed by atoms with Crippen molar-refractivity contribution in [1.82, 2.24) is 5.32 Å². The van der Waals surface area contributed by atoms with Crippen molar-refractivity contribution in [2.24, 2.45) is 0 Å². The molecule has 0 saturated heterocycles. The first-order valence-corrected chi connectivity index (χ1v) is 7.51. The minimum atomic E-state index is -0.0306. The number of amides is 1. The average Bonchev–Trinajstić information content (AvgIpc) is 2.31. The number of carbonyl (C=O) groups is 1. The second-order valence-corrected chi connectivity index (χ2v) is 6.37. The van der Waals surface area contributed by atoms with Crippen LogP contribution in [-0.4, -0.2) is 17.3 Å². The standard InChI is InChI=1S/C14H17BrClNO/c1-9-6-10(8-11(15)7-9)14(18)17-13-5-3-2-4-12(13)16/h6-8,12-13H,2-5H2,1H3,(H,17,18). The maximum absolute atomic E-state index is 12.2. The van der Waals surface area contributed by atoms with E-state index in [1.165, 1.54) is 0 Å². The molecule has 0 bridgehead atoms. The normalized spacial score (nSPS) is 23.7. The number of halogens is 2. The first-order valence-electron chi connectivity index (χ1n) is 6.28. The zero-order chi connectivity index (χ0) is 13.1. The smallest absolute Gasteiger partial charge is 0.251 e. The van der Waals surface area contributed by atoms with Crippen LogP contribution in [0.15, 0.2) is 22.7 Å². The number of hydrogen-bond donors (Lipinski definition) is 1. The third kappa shape index (κ3) is 3.48. The first-order chi connectivity index (χ1) is 8.56. The Morgan fingerprint density at radius 3 is 2.72 bits per heavy atom. The minimum Gasteiger partial charge on any atom is -0.348 e. The van der Waals surface area contributed by atoms with E-state index in [1.807, 2.05) is 25.1 Å². The van der Waals surface area contributed by atoms with E-state index in [0.29, 0.717) is 5.56 Å². The molecule has 1 saturated carbocycles. The van der Waals surface area contributed by atoms with Gasteiger partial charge in [-0.05, 0) is 43.5 Å². The number of hydrogen-bond acceptors (Lipinski definition) is 1. The molecule has 0 radical (unpaired) electrons. The van der Waals surface area contributed by atoms with Crippen LogP contribution in [0.2, 0.25) is 0 Å². The summed E-state index contributed by atoms with van der Waals surface area (Å²) in [6, 6.07) is 5.83. The van der Waals surface area contributed by atoms with E-state index >= 15 is 0 Å². The fourth-order valence-electron chi connectivity index (χ4n) is 2.37. The van der Waals surface area contributed by atoms with Crippen molar-refractivity contribution in [3.05, 3.63) is 33.8 Å². The Kier molecular flexibility index (Phi) is 4.68. The maximum Gasteiger partial charge on any atom is 0.251 e. The van der Waals surface area contributed by atoms with E-state index in [2.05, 4.69) is 21.2 Å².